The van der Waals surface area contributed by atoms with E-state index in [9.17, 15) is 9.59 Å². The molecule has 1 aromatic heterocycles. The van der Waals surface area contributed by atoms with Crippen LogP contribution in [0.4, 0.5) is 11.5 Å². The van der Waals surface area contributed by atoms with Crippen molar-refractivity contribution >= 4 is 34.2 Å². The van der Waals surface area contributed by atoms with Crippen LogP contribution in [0.25, 0.3) is 10.9 Å². The molecule has 2 heterocycles. The molecule has 8 nitrogen and oxygen atoms in total. The first-order chi connectivity index (χ1) is 17.9. The minimum Gasteiger partial charge on any atom is -0.368 e. The quantitative estimate of drug-likeness (QED) is 0.315. The van der Waals surface area contributed by atoms with E-state index in [4.69, 9.17) is 0 Å². The summed E-state index contributed by atoms with van der Waals surface area (Å²) in [6, 6.07) is 23.4. The Kier molecular flexibility index (Phi) is 6.92. The first-order valence-electron chi connectivity index (χ1n) is 12.6. The summed E-state index contributed by atoms with van der Waals surface area (Å²) in [5.41, 5.74) is 3.90. The van der Waals surface area contributed by atoms with Crippen molar-refractivity contribution in [2.45, 2.75) is 38.9 Å². The van der Waals surface area contributed by atoms with Crippen LogP contribution in [-0.2, 0) is 0 Å². The smallest absolute Gasteiger partial charge is 0.256 e. The van der Waals surface area contributed by atoms with Gasteiger partial charge in [-0.25, -0.2) is 0 Å². The predicted octanol–water partition coefficient (Wildman–Crippen LogP) is 4.49. The van der Waals surface area contributed by atoms with E-state index in [1.807, 2.05) is 61.5 Å². The number of carbonyl (C=O) groups excluding carboxylic acids is 2. The zero-order valence-corrected chi connectivity index (χ0v) is 21.3. The highest BCUT2D eigenvalue weighted by Crippen LogP contribution is 2.24. The molecule has 2 amide bonds. The maximum Gasteiger partial charge on any atom is 0.256 e. The SMILES string of the molecule is CC(NC(=O)c1ccc2[nH]nc(NC(=O)c3ccc(N4C[C@@H](C)N[C@@H](C)C4)cc3)c2c1)c1ccccc1. The van der Waals surface area contributed by atoms with Gasteiger partial charge in [-0.3, -0.25) is 14.7 Å². The molecule has 3 aromatic carbocycles. The lowest BCUT2D eigenvalue weighted by molar-refractivity contribution is 0.0939. The Hall–Kier alpha value is -4.17. The van der Waals surface area contributed by atoms with E-state index in [1.165, 1.54) is 0 Å². The van der Waals surface area contributed by atoms with Crippen molar-refractivity contribution < 1.29 is 9.59 Å². The predicted molar refractivity (Wildman–Crippen MR) is 147 cm³/mol. The molecule has 37 heavy (non-hydrogen) atoms. The largest absolute Gasteiger partial charge is 0.368 e. The molecule has 1 aliphatic rings. The molecule has 8 heteroatoms. The number of aromatic nitrogens is 2. The number of hydrogen-bond donors (Lipinski definition) is 4. The molecule has 5 rings (SSSR count). The second-order valence-electron chi connectivity index (χ2n) is 9.81. The monoisotopic (exact) mass is 496 g/mol. The lowest BCUT2D eigenvalue weighted by Gasteiger charge is -2.37. The Morgan fingerprint density at radius 3 is 2.30 bits per heavy atom. The number of piperazine rings is 1. The first kappa shape index (κ1) is 24.5. The summed E-state index contributed by atoms with van der Waals surface area (Å²) in [6.07, 6.45) is 0. The molecular formula is C29H32N6O2. The molecule has 0 radical (unpaired) electrons. The van der Waals surface area contributed by atoms with Gasteiger partial charge in [0.05, 0.1) is 11.6 Å². The van der Waals surface area contributed by atoms with E-state index in [0.717, 1.165) is 29.9 Å². The summed E-state index contributed by atoms with van der Waals surface area (Å²) in [6.45, 7) is 8.16. The third-order valence-electron chi connectivity index (χ3n) is 6.76. The summed E-state index contributed by atoms with van der Waals surface area (Å²) in [7, 11) is 0. The Balaban J connectivity index is 1.28. The molecule has 4 N–H and O–H groups in total. The van der Waals surface area contributed by atoms with Crippen LogP contribution in [0.5, 0.6) is 0 Å². The van der Waals surface area contributed by atoms with E-state index >= 15 is 0 Å². The molecule has 1 unspecified atom stereocenters. The molecule has 0 bridgehead atoms. The van der Waals surface area contributed by atoms with Gasteiger partial charge in [0.25, 0.3) is 11.8 Å². The molecule has 190 valence electrons. The first-order valence-corrected chi connectivity index (χ1v) is 12.6. The number of aromatic amines is 1. The fraction of sp³-hybridized carbons (Fsp3) is 0.276. The number of nitrogens with one attached hydrogen (secondary N) is 4. The second-order valence-corrected chi connectivity index (χ2v) is 9.81. The van der Waals surface area contributed by atoms with Crippen molar-refractivity contribution in [2.24, 2.45) is 0 Å². The Bertz CT molecular complexity index is 1390. The second kappa shape index (κ2) is 10.4. The van der Waals surface area contributed by atoms with Crippen molar-refractivity contribution in [3.8, 4) is 0 Å². The molecule has 4 aromatic rings. The third-order valence-corrected chi connectivity index (χ3v) is 6.76. The summed E-state index contributed by atoms with van der Waals surface area (Å²) in [5.74, 6) is -0.0574. The van der Waals surface area contributed by atoms with Gasteiger partial charge in [0.2, 0.25) is 0 Å². The van der Waals surface area contributed by atoms with Gasteiger partial charge in [-0.05, 0) is 68.8 Å². The van der Waals surface area contributed by atoms with Gasteiger partial charge >= 0.3 is 0 Å². The topological polar surface area (TPSA) is 102 Å². The zero-order valence-electron chi connectivity index (χ0n) is 21.3. The average Bonchev–Trinajstić information content (AvgIpc) is 3.30. The van der Waals surface area contributed by atoms with Crippen LogP contribution in [0.2, 0.25) is 0 Å². The van der Waals surface area contributed by atoms with Crippen LogP contribution in [0.1, 0.15) is 53.1 Å². The maximum absolute atomic E-state index is 13.0. The fourth-order valence-corrected chi connectivity index (χ4v) is 4.90. The van der Waals surface area contributed by atoms with Crippen molar-refractivity contribution in [3.05, 3.63) is 89.5 Å². The molecule has 0 spiro atoms. The molecule has 1 aliphatic heterocycles. The summed E-state index contributed by atoms with van der Waals surface area (Å²) in [4.78, 5) is 28.2. The van der Waals surface area contributed by atoms with E-state index in [2.05, 4.69) is 44.9 Å². The van der Waals surface area contributed by atoms with Crippen molar-refractivity contribution in [1.29, 1.82) is 0 Å². The van der Waals surface area contributed by atoms with Gasteiger partial charge < -0.3 is 20.9 Å². The standard InChI is InChI=1S/C29H32N6O2/c1-18-16-35(17-19(2)30-18)24-12-9-22(10-13-24)28(36)32-27-25-15-23(11-14-26(25)33-34-27)29(37)31-20(3)21-7-5-4-6-8-21/h4-15,18-20,30H,16-17H2,1-3H3,(H,31,37)(H2,32,33,34,36)/t18-,19+,20?. The van der Waals surface area contributed by atoms with E-state index in [-0.39, 0.29) is 17.9 Å². The van der Waals surface area contributed by atoms with Crippen LogP contribution in [0.15, 0.2) is 72.8 Å². The summed E-state index contributed by atoms with van der Waals surface area (Å²) < 4.78 is 0. The lowest BCUT2D eigenvalue weighted by atomic mass is 10.1. The minimum absolute atomic E-state index is 0.136. The number of carbonyl (C=O) groups is 2. The highest BCUT2D eigenvalue weighted by Gasteiger charge is 2.21. The summed E-state index contributed by atoms with van der Waals surface area (Å²) in [5, 5.41) is 17.3. The van der Waals surface area contributed by atoms with Crippen LogP contribution >= 0.6 is 0 Å². The molecule has 3 atom stereocenters. The highest BCUT2D eigenvalue weighted by atomic mass is 16.2. The average molecular weight is 497 g/mol. The van der Waals surface area contributed by atoms with E-state index in [1.54, 1.807) is 18.2 Å². The van der Waals surface area contributed by atoms with E-state index < -0.39 is 0 Å². The van der Waals surface area contributed by atoms with Gasteiger partial charge in [0, 0.05) is 47.4 Å². The van der Waals surface area contributed by atoms with Crippen LogP contribution in [-0.4, -0.2) is 47.2 Å². The number of hydrogen-bond acceptors (Lipinski definition) is 5. The minimum atomic E-state index is -0.255. The molecule has 0 aliphatic carbocycles. The van der Waals surface area contributed by atoms with Gasteiger partial charge in [0.1, 0.15) is 0 Å². The normalized spacial score (nSPS) is 18.4. The van der Waals surface area contributed by atoms with Gasteiger partial charge in [-0.1, -0.05) is 30.3 Å². The number of benzene rings is 3. The Labute approximate surface area is 216 Å². The molecule has 1 fully saturated rings. The Morgan fingerprint density at radius 1 is 0.919 bits per heavy atom. The van der Waals surface area contributed by atoms with Crippen LogP contribution in [0, 0.1) is 0 Å². The van der Waals surface area contributed by atoms with Gasteiger partial charge in [-0.2, -0.15) is 5.10 Å². The molecular weight excluding hydrogens is 464 g/mol. The third kappa shape index (κ3) is 5.49. The Morgan fingerprint density at radius 2 is 1.59 bits per heavy atom. The van der Waals surface area contributed by atoms with Crippen LogP contribution in [0.3, 0.4) is 0 Å². The number of nitrogens with zero attached hydrogens (tertiary/aromatic N) is 2. The molecule has 0 saturated carbocycles. The number of H-pyrrole nitrogens is 1. The zero-order chi connectivity index (χ0) is 25.9. The molecule has 1 saturated heterocycles. The highest BCUT2D eigenvalue weighted by molar-refractivity contribution is 6.09. The fourth-order valence-electron chi connectivity index (χ4n) is 4.90. The van der Waals surface area contributed by atoms with Gasteiger partial charge in [-0.15, -0.1) is 0 Å². The van der Waals surface area contributed by atoms with Crippen molar-refractivity contribution in [2.75, 3.05) is 23.3 Å². The summed E-state index contributed by atoms with van der Waals surface area (Å²) >= 11 is 0. The number of amides is 2. The van der Waals surface area contributed by atoms with Crippen molar-refractivity contribution in [3.63, 3.8) is 0 Å². The number of fused-ring (bicyclic) bond motifs is 1. The number of anilines is 2. The van der Waals surface area contributed by atoms with Crippen molar-refractivity contribution in [1.82, 2.24) is 20.8 Å². The van der Waals surface area contributed by atoms with Crippen LogP contribution < -0.4 is 20.9 Å². The van der Waals surface area contributed by atoms with E-state index in [0.29, 0.717) is 34.4 Å². The van der Waals surface area contributed by atoms with Gasteiger partial charge in [0.15, 0.2) is 5.82 Å². The lowest BCUT2D eigenvalue weighted by Crippen LogP contribution is -2.54. The number of rotatable bonds is 6. The maximum atomic E-state index is 13.0.